The van der Waals surface area contributed by atoms with Gasteiger partial charge in [0.25, 0.3) is 0 Å². The van der Waals surface area contributed by atoms with Crippen molar-refractivity contribution in [1.29, 1.82) is 0 Å². The van der Waals surface area contributed by atoms with Crippen molar-refractivity contribution in [3.8, 4) is 45.5 Å². The van der Waals surface area contributed by atoms with Gasteiger partial charge in [0, 0.05) is 16.7 Å². The summed E-state index contributed by atoms with van der Waals surface area (Å²) in [4.78, 5) is 0. The normalized spacial score (nSPS) is 10.9. The number of benzene rings is 3. The van der Waals surface area contributed by atoms with Crippen molar-refractivity contribution in [2.24, 2.45) is 0 Å². The van der Waals surface area contributed by atoms with Crippen molar-refractivity contribution >= 4 is 0 Å². The summed E-state index contributed by atoms with van der Waals surface area (Å²) in [7, 11) is 0. The van der Waals surface area contributed by atoms with Crippen LogP contribution in [0.1, 0.15) is 12.5 Å². The Morgan fingerprint density at radius 1 is 0.786 bits per heavy atom. The molecule has 3 aromatic carbocycles. The molecule has 0 fully saturated rings. The van der Waals surface area contributed by atoms with Crippen LogP contribution in [0.3, 0.4) is 0 Å². The van der Waals surface area contributed by atoms with E-state index < -0.39 is 0 Å². The molecule has 0 aliphatic carbocycles. The molecule has 3 N–H and O–H groups in total. The molecule has 0 amide bonds. The van der Waals surface area contributed by atoms with E-state index in [9.17, 15) is 15.3 Å². The minimum absolute atomic E-state index is 0.175. The van der Waals surface area contributed by atoms with E-state index >= 15 is 0 Å². The number of hydrogen-bond donors (Lipinski definition) is 3. The van der Waals surface area contributed by atoms with Crippen molar-refractivity contribution < 1.29 is 15.3 Å². The molecule has 5 heteroatoms. The Kier molecular flexibility index (Phi) is 4.49. The number of aromatic hydroxyl groups is 3. The monoisotopic (exact) mass is 372 g/mol. The van der Waals surface area contributed by atoms with Crippen molar-refractivity contribution in [1.82, 2.24) is 9.78 Å². The molecular formula is C23H20N2O3. The predicted molar refractivity (Wildman–Crippen MR) is 109 cm³/mol. The van der Waals surface area contributed by atoms with E-state index in [2.05, 4.69) is 0 Å². The molecule has 0 atom stereocenters. The molecule has 1 heterocycles. The van der Waals surface area contributed by atoms with Crippen molar-refractivity contribution in [2.75, 3.05) is 0 Å². The Balaban J connectivity index is 2.02. The van der Waals surface area contributed by atoms with Gasteiger partial charge in [-0.25, -0.2) is 4.68 Å². The third-order valence-electron chi connectivity index (χ3n) is 4.73. The van der Waals surface area contributed by atoms with Gasteiger partial charge in [-0.15, -0.1) is 0 Å². The molecule has 28 heavy (non-hydrogen) atoms. The van der Waals surface area contributed by atoms with Crippen LogP contribution in [0.15, 0.2) is 72.8 Å². The van der Waals surface area contributed by atoms with Crippen LogP contribution in [-0.4, -0.2) is 25.1 Å². The van der Waals surface area contributed by atoms with E-state index in [4.69, 9.17) is 5.10 Å². The number of aromatic nitrogens is 2. The summed E-state index contributed by atoms with van der Waals surface area (Å²) < 4.78 is 1.79. The van der Waals surface area contributed by atoms with Gasteiger partial charge in [-0.3, -0.25) is 0 Å². The zero-order valence-corrected chi connectivity index (χ0v) is 15.4. The van der Waals surface area contributed by atoms with Gasteiger partial charge in [-0.1, -0.05) is 19.1 Å². The minimum atomic E-state index is 0.175. The van der Waals surface area contributed by atoms with E-state index in [1.165, 1.54) is 0 Å². The lowest BCUT2D eigenvalue weighted by Crippen LogP contribution is -2.00. The molecule has 0 bridgehead atoms. The van der Waals surface area contributed by atoms with Crippen molar-refractivity contribution in [3.05, 3.63) is 78.4 Å². The van der Waals surface area contributed by atoms with Gasteiger partial charge in [0.05, 0.1) is 17.1 Å². The van der Waals surface area contributed by atoms with Gasteiger partial charge in [0.2, 0.25) is 0 Å². The third kappa shape index (κ3) is 3.07. The van der Waals surface area contributed by atoms with Crippen LogP contribution in [0.25, 0.3) is 28.2 Å². The highest BCUT2D eigenvalue weighted by Gasteiger charge is 2.22. The van der Waals surface area contributed by atoms with E-state index in [1.807, 2.05) is 31.2 Å². The molecule has 5 nitrogen and oxygen atoms in total. The zero-order valence-electron chi connectivity index (χ0n) is 15.4. The average molecular weight is 372 g/mol. The first-order valence-electron chi connectivity index (χ1n) is 9.07. The second-order valence-corrected chi connectivity index (χ2v) is 6.52. The number of para-hydroxylation sites is 1. The standard InChI is InChI=1S/C23H20N2O3/c1-2-19-22(15-7-11-17(26)12-8-15)24-25(16-9-13-18(27)14-10-16)23(19)20-5-3-4-6-21(20)28/h3-14,26-28H,2H2,1H3. The molecule has 0 unspecified atom stereocenters. The second kappa shape index (κ2) is 7.12. The number of hydrogen-bond acceptors (Lipinski definition) is 4. The molecule has 4 rings (SSSR count). The maximum absolute atomic E-state index is 10.5. The summed E-state index contributed by atoms with van der Waals surface area (Å²) in [6.07, 6.45) is 0.706. The lowest BCUT2D eigenvalue weighted by Gasteiger charge is -2.11. The SMILES string of the molecule is CCc1c(-c2ccc(O)cc2)nn(-c2ccc(O)cc2)c1-c1ccccc1O. The van der Waals surface area contributed by atoms with Gasteiger partial charge in [-0.2, -0.15) is 5.10 Å². The predicted octanol–water partition coefficient (Wildman–Crippen LogP) is 4.89. The molecule has 140 valence electrons. The molecule has 0 saturated heterocycles. The Labute approximate surface area is 162 Å². The first kappa shape index (κ1) is 17.7. The van der Waals surface area contributed by atoms with E-state index in [0.29, 0.717) is 12.0 Å². The quantitative estimate of drug-likeness (QED) is 0.477. The fourth-order valence-corrected chi connectivity index (χ4v) is 3.37. The summed E-state index contributed by atoms with van der Waals surface area (Å²) in [6.45, 7) is 2.05. The molecule has 4 aromatic rings. The topological polar surface area (TPSA) is 78.5 Å². The van der Waals surface area contributed by atoms with Crippen molar-refractivity contribution in [3.63, 3.8) is 0 Å². The van der Waals surface area contributed by atoms with Crippen LogP contribution in [0.5, 0.6) is 17.2 Å². The fraction of sp³-hybridized carbons (Fsp3) is 0.0870. The molecule has 0 aliphatic heterocycles. The smallest absolute Gasteiger partial charge is 0.124 e. The maximum atomic E-state index is 10.5. The van der Waals surface area contributed by atoms with Gasteiger partial charge < -0.3 is 15.3 Å². The van der Waals surface area contributed by atoms with Gasteiger partial charge in [0.15, 0.2) is 0 Å². The summed E-state index contributed by atoms with van der Waals surface area (Å²) in [5.74, 6) is 0.546. The van der Waals surface area contributed by atoms with Crippen molar-refractivity contribution in [2.45, 2.75) is 13.3 Å². The third-order valence-corrected chi connectivity index (χ3v) is 4.73. The summed E-state index contributed by atoms with van der Waals surface area (Å²) >= 11 is 0. The van der Waals surface area contributed by atoms with Crippen LogP contribution in [0, 0.1) is 0 Å². The first-order valence-corrected chi connectivity index (χ1v) is 9.07. The van der Waals surface area contributed by atoms with E-state index in [-0.39, 0.29) is 17.2 Å². The molecule has 1 aromatic heterocycles. The van der Waals surface area contributed by atoms with E-state index in [0.717, 1.165) is 28.2 Å². The van der Waals surface area contributed by atoms with Gasteiger partial charge in [-0.05, 0) is 67.1 Å². The lowest BCUT2D eigenvalue weighted by molar-refractivity contribution is 0.474. The Morgan fingerprint density at radius 2 is 1.39 bits per heavy atom. The van der Waals surface area contributed by atoms with Crippen LogP contribution in [0.4, 0.5) is 0 Å². The Hall–Kier alpha value is -3.73. The largest absolute Gasteiger partial charge is 0.508 e. The first-order chi connectivity index (χ1) is 13.6. The molecular weight excluding hydrogens is 352 g/mol. The highest BCUT2D eigenvalue weighted by molar-refractivity contribution is 5.79. The number of rotatable bonds is 4. The summed E-state index contributed by atoms with van der Waals surface area (Å²) in [5.41, 5.74) is 4.91. The second-order valence-electron chi connectivity index (χ2n) is 6.52. The average Bonchev–Trinajstić information content (AvgIpc) is 3.09. The molecule has 0 spiro atoms. The summed E-state index contributed by atoms with van der Waals surface area (Å²) in [6, 6.07) is 20.9. The highest BCUT2D eigenvalue weighted by Crippen LogP contribution is 2.38. The van der Waals surface area contributed by atoms with Crippen LogP contribution in [0.2, 0.25) is 0 Å². The van der Waals surface area contributed by atoms with Crippen LogP contribution >= 0.6 is 0 Å². The zero-order chi connectivity index (χ0) is 19.7. The summed E-state index contributed by atoms with van der Waals surface area (Å²) in [5, 5.41) is 34.6. The molecule has 0 radical (unpaired) electrons. The molecule has 0 aliphatic rings. The van der Waals surface area contributed by atoms with E-state index in [1.54, 1.807) is 53.2 Å². The Morgan fingerprint density at radius 3 is 2.00 bits per heavy atom. The number of nitrogens with zero attached hydrogens (tertiary/aromatic N) is 2. The minimum Gasteiger partial charge on any atom is -0.508 e. The highest BCUT2D eigenvalue weighted by atomic mass is 16.3. The van der Waals surface area contributed by atoms with Crippen LogP contribution < -0.4 is 0 Å². The number of phenolic OH excluding ortho intramolecular Hbond substituents is 3. The van der Waals surface area contributed by atoms with Gasteiger partial charge in [0.1, 0.15) is 17.2 Å². The Bertz CT molecular complexity index is 1110. The number of phenols is 3. The maximum Gasteiger partial charge on any atom is 0.124 e. The van der Waals surface area contributed by atoms with Crippen LogP contribution in [-0.2, 0) is 6.42 Å². The fourth-order valence-electron chi connectivity index (χ4n) is 3.37. The lowest BCUT2D eigenvalue weighted by atomic mass is 9.99. The molecule has 0 saturated carbocycles. The van der Waals surface area contributed by atoms with Gasteiger partial charge >= 0.3 is 0 Å².